The molecule has 2 aromatic rings. The van der Waals surface area contributed by atoms with Crippen molar-refractivity contribution in [2.24, 2.45) is 5.73 Å². The first-order valence-corrected chi connectivity index (χ1v) is 8.16. The molecule has 1 aliphatic rings. The lowest BCUT2D eigenvalue weighted by atomic mass is 9.86. The van der Waals surface area contributed by atoms with Crippen LogP contribution in [0.1, 0.15) is 37.5 Å². The van der Waals surface area contributed by atoms with Crippen molar-refractivity contribution in [3.63, 3.8) is 0 Å². The molecule has 1 heterocycles. The molecule has 0 amide bonds. The fourth-order valence-corrected chi connectivity index (χ4v) is 3.10. The first-order valence-electron chi connectivity index (χ1n) is 8.16. The zero-order valence-corrected chi connectivity index (χ0v) is 14.2. The predicted molar refractivity (Wildman–Crippen MR) is 96.6 cm³/mol. The minimum atomic E-state index is 0.163. The minimum Gasteiger partial charge on any atom is -0.370 e. The Labute approximate surface area is 138 Å². The molecule has 3 heteroatoms. The van der Waals surface area contributed by atoms with Crippen LogP contribution in [0.2, 0.25) is 0 Å². The third-order valence-electron chi connectivity index (χ3n) is 4.64. The second kappa shape index (κ2) is 5.73. The van der Waals surface area contributed by atoms with Gasteiger partial charge in [-0.25, -0.2) is 0 Å². The van der Waals surface area contributed by atoms with Crippen LogP contribution in [0.25, 0.3) is 11.1 Å². The lowest BCUT2D eigenvalue weighted by molar-refractivity contribution is 0.387. The molecule has 0 saturated carbocycles. The van der Waals surface area contributed by atoms with Gasteiger partial charge >= 0.3 is 0 Å². The second-order valence-electron chi connectivity index (χ2n) is 7.37. The molecule has 3 rings (SSSR count). The second-order valence-corrected chi connectivity index (χ2v) is 7.37. The highest BCUT2D eigenvalue weighted by atomic mass is 15.2. The van der Waals surface area contributed by atoms with Gasteiger partial charge in [-0.2, -0.15) is 0 Å². The first-order chi connectivity index (χ1) is 10.8. The lowest BCUT2D eigenvalue weighted by Crippen LogP contribution is -2.40. The fraction of sp³-hybridized carbons (Fsp3) is 0.350. The van der Waals surface area contributed by atoms with E-state index in [0.717, 1.165) is 19.5 Å². The highest BCUT2D eigenvalue weighted by Crippen LogP contribution is 2.29. The van der Waals surface area contributed by atoms with Gasteiger partial charge in [0.25, 0.3) is 0 Å². The van der Waals surface area contributed by atoms with E-state index in [1.165, 1.54) is 27.8 Å². The van der Waals surface area contributed by atoms with Crippen LogP contribution >= 0.6 is 0 Å². The summed E-state index contributed by atoms with van der Waals surface area (Å²) < 4.78 is 0. The van der Waals surface area contributed by atoms with Gasteiger partial charge in [-0.15, -0.1) is 0 Å². The maximum atomic E-state index is 7.63. The van der Waals surface area contributed by atoms with E-state index in [4.69, 9.17) is 11.1 Å². The molecule has 23 heavy (non-hydrogen) atoms. The molecule has 0 spiro atoms. The summed E-state index contributed by atoms with van der Waals surface area (Å²) in [5, 5.41) is 7.63. The Hall–Kier alpha value is -2.29. The molecule has 1 aliphatic heterocycles. The summed E-state index contributed by atoms with van der Waals surface area (Å²) in [5.41, 5.74) is 12.3. The summed E-state index contributed by atoms with van der Waals surface area (Å²) in [4.78, 5) is 1.93. The van der Waals surface area contributed by atoms with Gasteiger partial charge in [0.05, 0.1) is 0 Å². The number of hydrogen-bond acceptors (Lipinski definition) is 1. The van der Waals surface area contributed by atoms with Gasteiger partial charge in [0.1, 0.15) is 0 Å². The van der Waals surface area contributed by atoms with Crippen LogP contribution in [0.3, 0.4) is 0 Å². The summed E-state index contributed by atoms with van der Waals surface area (Å²) in [6.45, 7) is 8.27. The molecule has 0 aliphatic carbocycles. The van der Waals surface area contributed by atoms with Gasteiger partial charge in [0, 0.05) is 13.1 Å². The third-order valence-corrected chi connectivity index (χ3v) is 4.64. The Bertz CT molecular complexity index is 724. The first kappa shape index (κ1) is 15.6. The predicted octanol–water partition coefficient (Wildman–Crippen LogP) is 3.90. The van der Waals surface area contributed by atoms with Crippen molar-refractivity contribution in [3.8, 4) is 11.1 Å². The van der Waals surface area contributed by atoms with Gasteiger partial charge < -0.3 is 10.6 Å². The lowest BCUT2D eigenvalue weighted by Gasteiger charge is -2.29. The smallest absolute Gasteiger partial charge is 0.188 e. The molecule has 2 aromatic carbocycles. The molecule has 0 aromatic heterocycles. The minimum absolute atomic E-state index is 0.163. The number of nitrogens with two attached hydrogens (primary N) is 1. The van der Waals surface area contributed by atoms with E-state index >= 15 is 0 Å². The number of nitrogens with zero attached hydrogens (tertiary/aromatic N) is 1. The molecule has 0 bridgehead atoms. The largest absolute Gasteiger partial charge is 0.370 e. The molecule has 0 atom stereocenters. The van der Waals surface area contributed by atoms with E-state index in [2.05, 4.69) is 63.2 Å². The molecule has 0 radical (unpaired) electrons. The zero-order valence-electron chi connectivity index (χ0n) is 14.2. The van der Waals surface area contributed by atoms with Gasteiger partial charge in [0.2, 0.25) is 0 Å². The maximum absolute atomic E-state index is 7.63. The van der Waals surface area contributed by atoms with Crippen molar-refractivity contribution in [2.45, 2.75) is 39.2 Å². The van der Waals surface area contributed by atoms with Crippen molar-refractivity contribution in [3.05, 3.63) is 59.2 Å². The van der Waals surface area contributed by atoms with Crippen LogP contribution in [-0.2, 0) is 18.4 Å². The summed E-state index contributed by atoms with van der Waals surface area (Å²) >= 11 is 0. The van der Waals surface area contributed by atoms with Crippen molar-refractivity contribution >= 4 is 5.96 Å². The van der Waals surface area contributed by atoms with E-state index in [9.17, 15) is 0 Å². The van der Waals surface area contributed by atoms with Crippen LogP contribution in [0.5, 0.6) is 0 Å². The van der Waals surface area contributed by atoms with Gasteiger partial charge in [-0.3, -0.25) is 5.41 Å². The number of hydrogen-bond donors (Lipinski definition) is 2. The Balaban J connectivity index is 1.90. The molecular weight excluding hydrogens is 282 g/mol. The van der Waals surface area contributed by atoms with E-state index in [1.54, 1.807) is 0 Å². The van der Waals surface area contributed by atoms with E-state index in [1.807, 2.05) is 4.90 Å². The molecule has 3 nitrogen and oxygen atoms in total. The molecule has 0 saturated heterocycles. The van der Waals surface area contributed by atoms with Crippen LogP contribution < -0.4 is 5.73 Å². The van der Waals surface area contributed by atoms with Crippen LogP contribution in [-0.4, -0.2) is 17.4 Å². The Morgan fingerprint density at radius 3 is 2.26 bits per heavy atom. The SMILES string of the molecule is CC(C)(C)c1ccc(-c2ccc3c(c2)CN(C(=N)N)CC3)cc1. The van der Waals surface area contributed by atoms with Gasteiger partial charge in [0.15, 0.2) is 5.96 Å². The number of benzene rings is 2. The van der Waals surface area contributed by atoms with Crippen LogP contribution in [0.15, 0.2) is 42.5 Å². The topological polar surface area (TPSA) is 53.1 Å². The standard InChI is InChI=1S/C20H25N3/c1-20(2,3)18-8-6-14(7-9-18)16-5-4-15-10-11-23(19(21)22)13-17(15)12-16/h4-9,12H,10-11,13H2,1-3H3,(H3,21,22). The van der Waals surface area contributed by atoms with Crippen molar-refractivity contribution in [2.75, 3.05) is 6.54 Å². The third kappa shape index (κ3) is 3.24. The van der Waals surface area contributed by atoms with E-state index < -0.39 is 0 Å². The summed E-state index contributed by atoms with van der Waals surface area (Å²) in [6.07, 6.45) is 0.957. The quantitative estimate of drug-likeness (QED) is 0.620. The summed E-state index contributed by atoms with van der Waals surface area (Å²) in [7, 11) is 0. The van der Waals surface area contributed by atoms with Crippen LogP contribution in [0, 0.1) is 5.41 Å². The van der Waals surface area contributed by atoms with Crippen LogP contribution in [0.4, 0.5) is 0 Å². The number of rotatable bonds is 1. The average Bonchev–Trinajstić information content (AvgIpc) is 2.53. The molecule has 0 unspecified atom stereocenters. The number of guanidine groups is 1. The Kier molecular flexibility index (Phi) is 3.88. The monoisotopic (exact) mass is 307 g/mol. The maximum Gasteiger partial charge on any atom is 0.188 e. The molecule has 0 fully saturated rings. The van der Waals surface area contributed by atoms with Crippen molar-refractivity contribution in [1.82, 2.24) is 4.90 Å². The average molecular weight is 307 g/mol. The van der Waals surface area contributed by atoms with E-state index in [0.29, 0.717) is 0 Å². The van der Waals surface area contributed by atoms with Gasteiger partial charge in [-0.1, -0.05) is 57.2 Å². The normalized spacial score (nSPS) is 14.5. The van der Waals surface area contributed by atoms with Crippen molar-refractivity contribution in [1.29, 1.82) is 5.41 Å². The number of fused-ring (bicyclic) bond motifs is 1. The molecular formula is C20H25N3. The Morgan fingerprint density at radius 1 is 1.00 bits per heavy atom. The zero-order chi connectivity index (χ0) is 16.6. The fourth-order valence-electron chi connectivity index (χ4n) is 3.10. The van der Waals surface area contributed by atoms with E-state index in [-0.39, 0.29) is 11.4 Å². The Morgan fingerprint density at radius 2 is 1.65 bits per heavy atom. The summed E-state index contributed by atoms with van der Waals surface area (Å²) in [6, 6.07) is 15.5. The van der Waals surface area contributed by atoms with Crippen molar-refractivity contribution < 1.29 is 0 Å². The summed E-state index contributed by atoms with van der Waals surface area (Å²) in [5.74, 6) is 0.163. The molecule has 3 N–H and O–H groups in total. The highest BCUT2D eigenvalue weighted by molar-refractivity contribution is 5.75. The molecule has 120 valence electrons. The highest BCUT2D eigenvalue weighted by Gasteiger charge is 2.18. The number of nitrogens with one attached hydrogen (secondary N) is 1. The van der Waals surface area contributed by atoms with Gasteiger partial charge in [-0.05, 0) is 45.7 Å².